The van der Waals surface area contributed by atoms with Gasteiger partial charge in [0.1, 0.15) is 11.5 Å². The third-order valence-corrected chi connectivity index (χ3v) is 6.33. The van der Waals surface area contributed by atoms with Crippen molar-refractivity contribution in [3.05, 3.63) is 41.9 Å². The number of alkyl halides is 4. The number of anilines is 1. The molecule has 0 aromatic carbocycles. The molecular weight excluding hydrogens is 604 g/mol. The van der Waals surface area contributed by atoms with Gasteiger partial charge in [-0.15, -0.1) is 12.3 Å². The predicted octanol–water partition coefficient (Wildman–Crippen LogP) is 8.69. The number of aryl methyl sites for hydroxylation is 1. The molecule has 1 amide bonds. The number of thioether (sulfide) groups is 1. The zero-order valence-corrected chi connectivity index (χ0v) is 28.7. The van der Waals surface area contributed by atoms with Crippen LogP contribution in [-0.4, -0.2) is 44.0 Å². The summed E-state index contributed by atoms with van der Waals surface area (Å²) in [6, 6.07) is 4.54. The van der Waals surface area contributed by atoms with Crippen LogP contribution in [0.15, 0.2) is 35.5 Å². The number of unbranched alkanes of at least 4 members (excludes halogenated alkanes) is 2. The highest BCUT2D eigenvalue weighted by Gasteiger charge is 2.32. The van der Waals surface area contributed by atoms with E-state index in [-0.39, 0.29) is 52.8 Å². The average molecular weight is 655 g/mol. The second-order valence-electron chi connectivity index (χ2n) is 9.08. The number of carbonyl (C=O) groups is 1. The fourth-order valence-electron chi connectivity index (χ4n) is 3.14. The molecule has 252 valence electrons. The molecule has 12 heteroatoms. The first-order valence-corrected chi connectivity index (χ1v) is 16.0. The number of amides is 1. The monoisotopic (exact) mass is 654 g/mol. The zero-order chi connectivity index (χ0) is 34.8. The fraction of sp³-hybridized carbons (Fsp3) is 0.545. The lowest BCUT2D eigenvalue weighted by Gasteiger charge is -2.04. The van der Waals surface area contributed by atoms with E-state index in [1.807, 2.05) is 13.8 Å². The predicted molar refractivity (Wildman–Crippen MR) is 180 cm³/mol. The van der Waals surface area contributed by atoms with Crippen LogP contribution in [-0.2, 0) is 7.05 Å². The summed E-state index contributed by atoms with van der Waals surface area (Å²) >= 11 is -0.304. The number of halogens is 4. The Bertz CT molecular complexity index is 1310. The maximum Gasteiger partial charge on any atom is 0.446 e. The maximum atomic E-state index is 12.9. The minimum Gasteiger partial charge on any atom is -0.384 e. The molecule has 3 N–H and O–H groups in total. The highest BCUT2D eigenvalue weighted by Crippen LogP contribution is 2.40. The van der Waals surface area contributed by atoms with Gasteiger partial charge in [-0.05, 0) is 49.1 Å². The third kappa shape index (κ3) is 18.7. The second kappa shape index (κ2) is 25.7. The van der Waals surface area contributed by atoms with E-state index < -0.39 is 5.51 Å². The lowest BCUT2D eigenvalue weighted by Crippen LogP contribution is -2.23. The molecule has 7 nitrogen and oxygen atoms in total. The standard InChI is InChI=1S/C16H13F3N6OS.C7H12.C5H12.C3H7F.C2H6/c1-24-9-10(8-22-24)15(26)21-7-3-4-11-14(27-16(17,18)19)12-5-2-6-13(20)25(12)23-11;1-4-7(5-2)6-3;1-3-5-4-2;1-2-3-4;1-2/h2,5-6,8-9H,7,20H2,1H3,(H,21,26);1,7H,5-6H2,2-3H3;3-5H2,1-2H3;2-3H2,1H3;1-2H3. The van der Waals surface area contributed by atoms with Gasteiger partial charge in [0.15, 0.2) is 0 Å². The number of hydrogen-bond donors (Lipinski definition) is 2. The van der Waals surface area contributed by atoms with Crippen molar-refractivity contribution >= 4 is 29.0 Å². The van der Waals surface area contributed by atoms with E-state index in [9.17, 15) is 22.4 Å². The Morgan fingerprint density at radius 1 is 1.11 bits per heavy atom. The Kier molecular flexibility index (Phi) is 24.8. The molecule has 0 fully saturated rings. The second-order valence-corrected chi connectivity index (χ2v) is 10.2. The zero-order valence-electron chi connectivity index (χ0n) is 27.9. The highest BCUT2D eigenvalue weighted by molar-refractivity contribution is 8.00. The number of nitrogens with two attached hydrogens (primary N) is 1. The van der Waals surface area contributed by atoms with Crippen molar-refractivity contribution in [3.63, 3.8) is 0 Å². The summed E-state index contributed by atoms with van der Waals surface area (Å²) in [5.41, 5.74) is 1.76. The Hall–Kier alpha value is -3.64. The maximum absolute atomic E-state index is 12.9. The number of nitrogens with zero attached hydrogens (tertiary/aromatic N) is 4. The molecule has 0 bridgehead atoms. The molecule has 0 spiro atoms. The van der Waals surface area contributed by atoms with Gasteiger partial charge in [0.2, 0.25) is 0 Å². The van der Waals surface area contributed by atoms with Crippen molar-refractivity contribution in [2.24, 2.45) is 13.0 Å². The number of nitrogen functional groups attached to an aromatic ring is 1. The summed E-state index contributed by atoms with van der Waals surface area (Å²) < 4.78 is 52.1. The smallest absolute Gasteiger partial charge is 0.384 e. The first-order chi connectivity index (χ1) is 21.4. The lowest BCUT2D eigenvalue weighted by molar-refractivity contribution is -0.0327. The van der Waals surface area contributed by atoms with Crippen LogP contribution < -0.4 is 11.1 Å². The summed E-state index contributed by atoms with van der Waals surface area (Å²) in [5.74, 6) is 8.20. The largest absolute Gasteiger partial charge is 0.446 e. The number of rotatable bonds is 8. The van der Waals surface area contributed by atoms with Gasteiger partial charge in [-0.25, -0.2) is 4.52 Å². The molecule has 3 rings (SSSR count). The third-order valence-electron chi connectivity index (χ3n) is 5.49. The SMILES string of the molecule is C#CC(CC)CC.CC.CCCCC.CCCF.Cn1cc(C(=O)NCC#Cc2nn3c(N)cccc3c2SC(F)(F)F)cn1. The van der Waals surface area contributed by atoms with Crippen LogP contribution in [0.3, 0.4) is 0 Å². The van der Waals surface area contributed by atoms with Crippen LogP contribution in [0.5, 0.6) is 0 Å². The molecule has 3 aromatic heterocycles. The van der Waals surface area contributed by atoms with Gasteiger partial charge in [0, 0.05) is 19.2 Å². The molecule has 0 atom stereocenters. The van der Waals surface area contributed by atoms with Crippen LogP contribution in [0.25, 0.3) is 5.52 Å². The minimum atomic E-state index is -4.50. The van der Waals surface area contributed by atoms with E-state index in [1.54, 1.807) is 14.0 Å². The number of hydrogen-bond acceptors (Lipinski definition) is 5. The summed E-state index contributed by atoms with van der Waals surface area (Å²) in [4.78, 5) is 11.8. The Morgan fingerprint density at radius 2 is 1.71 bits per heavy atom. The Labute approximate surface area is 271 Å². The molecule has 0 aliphatic carbocycles. The normalized spacial score (nSPS) is 9.87. The van der Waals surface area contributed by atoms with E-state index in [2.05, 4.69) is 61.0 Å². The molecule has 0 saturated heterocycles. The summed E-state index contributed by atoms with van der Waals surface area (Å²) in [5, 5.41) is 10.5. The van der Waals surface area contributed by atoms with E-state index >= 15 is 0 Å². The van der Waals surface area contributed by atoms with Gasteiger partial charge < -0.3 is 11.1 Å². The Balaban J connectivity index is 0. The molecule has 0 unspecified atom stereocenters. The summed E-state index contributed by atoms with van der Waals surface area (Å²) in [7, 11) is 1.67. The molecular formula is C33H50F4N6OS. The number of fused-ring (bicyclic) bond motifs is 1. The summed E-state index contributed by atoms with van der Waals surface area (Å²) in [6.45, 7) is 14.2. The van der Waals surface area contributed by atoms with Crippen LogP contribution in [0, 0.1) is 30.1 Å². The van der Waals surface area contributed by atoms with Crippen molar-refractivity contribution in [2.45, 2.75) is 97.4 Å². The van der Waals surface area contributed by atoms with Gasteiger partial charge >= 0.3 is 5.51 Å². The fourth-order valence-corrected chi connectivity index (χ4v) is 3.82. The van der Waals surface area contributed by atoms with Gasteiger partial charge in [-0.1, -0.05) is 79.7 Å². The number of nitrogens with one attached hydrogen (secondary N) is 1. The lowest BCUT2D eigenvalue weighted by atomic mass is 10.1. The van der Waals surface area contributed by atoms with Crippen LogP contribution in [0.2, 0.25) is 0 Å². The van der Waals surface area contributed by atoms with E-state index in [0.29, 0.717) is 17.9 Å². The molecule has 0 saturated carbocycles. The van der Waals surface area contributed by atoms with Gasteiger partial charge in [-0.2, -0.15) is 23.4 Å². The average Bonchev–Trinajstić information content (AvgIpc) is 3.61. The molecule has 3 heterocycles. The topological polar surface area (TPSA) is 90.2 Å². The molecule has 45 heavy (non-hydrogen) atoms. The van der Waals surface area contributed by atoms with Gasteiger partial charge in [0.05, 0.1) is 35.4 Å². The van der Waals surface area contributed by atoms with Crippen molar-refractivity contribution in [1.29, 1.82) is 0 Å². The van der Waals surface area contributed by atoms with Crippen molar-refractivity contribution < 1.29 is 22.4 Å². The van der Waals surface area contributed by atoms with Crippen molar-refractivity contribution in [2.75, 3.05) is 19.0 Å². The van der Waals surface area contributed by atoms with E-state index in [1.165, 1.54) is 59.1 Å². The van der Waals surface area contributed by atoms with Crippen molar-refractivity contribution in [1.82, 2.24) is 24.7 Å². The van der Waals surface area contributed by atoms with Crippen LogP contribution >= 0.6 is 11.8 Å². The van der Waals surface area contributed by atoms with Gasteiger partial charge in [0.25, 0.3) is 5.91 Å². The number of aromatic nitrogens is 4. The van der Waals surface area contributed by atoms with Crippen LogP contribution in [0.1, 0.15) is 103 Å². The first kappa shape index (κ1) is 43.5. The Morgan fingerprint density at radius 3 is 2.11 bits per heavy atom. The molecule has 3 aromatic rings. The van der Waals surface area contributed by atoms with E-state index in [0.717, 1.165) is 12.8 Å². The van der Waals surface area contributed by atoms with Gasteiger partial charge in [-0.3, -0.25) is 13.9 Å². The van der Waals surface area contributed by atoms with Crippen molar-refractivity contribution in [3.8, 4) is 24.2 Å². The summed E-state index contributed by atoms with van der Waals surface area (Å²) in [6.07, 6.45) is 15.0. The number of terminal acetylenes is 1. The minimum absolute atomic E-state index is 0.0623. The quantitative estimate of drug-likeness (QED) is 0.144. The molecule has 0 radical (unpaired) electrons. The molecule has 0 aliphatic heterocycles. The highest BCUT2D eigenvalue weighted by atomic mass is 32.2. The number of pyridine rings is 1. The van der Waals surface area contributed by atoms with E-state index in [4.69, 9.17) is 12.2 Å². The van der Waals surface area contributed by atoms with Crippen LogP contribution in [0.4, 0.5) is 23.4 Å². The first-order valence-electron chi connectivity index (χ1n) is 15.2. The molecule has 0 aliphatic rings. The number of carbonyl (C=O) groups excluding carboxylic acids is 1.